The molecule has 1 heterocycles. The summed E-state index contributed by atoms with van der Waals surface area (Å²) in [5.41, 5.74) is 5.65. The van der Waals surface area contributed by atoms with Gasteiger partial charge in [-0.05, 0) is 30.9 Å². The third-order valence-corrected chi connectivity index (χ3v) is 5.37. The molecular weight excluding hydrogens is 262 g/mol. The number of nitrogens with one attached hydrogen (secondary N) is 1. The van der Waals surface area contributed by atoms with Gasteiger partial charge in [0.25, 0.3) is 0 Å². The van der Waals surface area contributed by atoms with Crippen LogP contribution in [0.5, 0.6) is 0 Å². The largest absolute Gasteiger partial charge is 0.383 e. The Morgan fingerprint density at radius 3 is 2.84 bits per heavy atom. The Bertz CT molecular complexity index is 530. The van der Waals surface area contributed by atoms with Gasteiger partial charge in [0.1, 0.15) is 10.7 Å². The number of hydrogen-bond acceptors (Lipinski definition) is 4. The highest BCUT2D eigenvalue weighted by Gasteiger charge is 2.29. The highest BCUT2D eigenvalue weighted by Crippen LogP contribution is 2.28. The quantitative estimate of drug-likeness (QED) is 0.884. The Morgan fingerprint density at radius 2 is 2.16 bits per heavy atom. The first kappa shape index (κ1) is 14.3. The monoisotopic (exact) mass is 283 g/mol. The number of sulfonamides is 1. The Hall–Kier alpha value is -1.14. The van der Waals surface area contributed by atoms with Gasteiger partial charge in [-0.2, -0.15) is 0 Å². The molecule has 1 saturated carbocycles. The first-order valence-electron chi connectivity index (χ1n) is 6.77. The molecule has 2 atom stereocenters. The molecule has 6 heteroatoms. The maximum Gasteiger partial charge on any atom is 0.244 e. The van der Waals surface area contributed by atoms with E-state index in [4.69, 9.17) is 5.73 Å². The van der Waals surface area contributed by atoms with Crippen LogP contribution in [-0.2, 0) is 10.0 Å². The molecule has 0 bridgehead atoms. The van der Waals surface area contributed by atoms with E-state index in [2.05, 4.69) is 16.6 Å². The van der Waals surface area contributed by atoms with Crippen molar-refractivity contribution in [3.8, 4) is 0 Å². The Kier molecular flexibility index (Phi) is 4.42. The van der Waals surface area contributed by atoms with Crippen LogP contribution in [0.2, 0.25) is 0 Å². The predicted octanol–water partition coefficient (Wildman–Crippen LogP) is 1.91. The average molecular weight is 283 g/mol. The number of aromatic nitrogens is 1. The molecule has 1 aliphatic carbocycles. The third-order valence-electron chi connectivity index (χ3n) is 3.83. The van der Waals surface area contributed by atoms with E-state index in [-0.39, 0.29) is 16.8 Å². The Morgan fingerprint density at radius 1 is 1.42 bits per heavy atom. The van der Waals surface area contributed by atoms with E-state index in [0.29, 0.717) is 5.92 Å². The second-order valence-corrected chi connectivity index (χ2v) is 6.75. The zero-order chi connectivity index (χ0) is 13.9. The molecule has 0 aliphatic heterocycles. The van der Waals surface area contributed by atoms with Crippen LogP contribution in [0.1, 0.15) is 39.0 Å². The van der Waals surface area contributed by atoms with Crippen molar-refractivity contribution in [1.82, 2.24) is 9.71 Å². The number of nitrogens with zero attached hydrogens (tertiary/aromatic N) is 1. The first-order valence-corrected chi connectivity index (χ1v) is 8.25. The van der Waals surface area contributed by atoms with Crippen LogP contribution in [0.4, 0.5) is 5.82 Å². The normalized spacial score (nSPS) is 24.3. The number of rotatable bonds is 4. The van der Waals surface area contributed by atoms with Gasteiger partial charge in [0.15, 0.2) is 0 Å². The molecule has 1 aliphatic rings. The Labute approximate surface area is 114 Å². The minimum Gasteiger partial charge on any atom is -0.383 e. The summed E-state index contributed by atoms with van der Waals surface area (Å²) in [7, 11) is -3.57. The fourth-order valence-electron chi connectivity index (χ4n) is 2.74. The van der Waals surface area contributed by atoms with Gasteiger partial charge >= 0.3 is 0 Å². The van der Waals surface area contributed by atoms with E-state index in [1.807, 2.05) is 0 Å². The van der Waals surface area contributed by atoms with Crippen LogP contribution in [-0.4, -0.2) is 19.4 Å². The third kappa shape index (κ3) is 3.25. The summed E-state index contributed by atoms with van der Waals surface area (Å²) in [5.74, 6) is 0.472. The SMILES string of the molecule is CCC1CCCCC1NS(=O)(=O)c1cccnc1N. The van der Waals surface area contributed by atoms with E-state index < -0.39 is 10.0 Å². The number of nitrogens with two attached hydrogens (primary N) is 1. The molecule has 3 N–H and O–H groups in total. The molecule has 0 aromatic carbocycles. The van der Waals surface area contributed by atoms with Gasteiger partial charge in [-0.25, -0.2) is 18.1 Å². The summed E-state index contributed by atoms with van der Waals surface area (Å²) in [5, 5.41) is 0. The van der Waals surface area contributed by atoms with Crippen LogP contribution < -0.4 is 10.5 Å². The van der Waals surface area contributed by atoms with Gasteiger partial charge in [0, 0.05) is 12.2 Å². The van der Waals surface area contributed by atoms with Crippen LogP contribution in [0.25, 0.3) is 0 Å². The second-order valence-electron chi connectivity index (χ2n) is 5.07. The molecule has 19 heavy (non-hydrogen) atoms. The van der Waals surface area contributed by atoms with E-state index >= 15 is 0 Å². The summed E-state index contributed by atoms with van der Waals surface area (Å²) < 4.78 is 27.5. The molecule has 0 radical (unpaired) electrons. The summed E-state index contributed by atoms with van der Waals surface area (Å²) in [6, 6.07) is 3.10. The van der Waals surface area contributed by atoms with Crippen molar-refractivity contribution in [2.75, 3.05) is 5.73 Å². The first-order chi connectivity index (χ1) is 9.04. The standard InChI is InChI=1S/C13H21N3O2S/c1-2-10-6-3-4-7-11(10)16-19(17,18)12-8-5-9-15-13(12)14/h5,8-11,16H,2-4,6-7H2,1H3,(H2,14,15). The van der Waals surface area contributed by atoms with Gasteiger partial charge in [0.2, 0.25) is 10.0 Å². The number of nitrogen functional groups attached to an aromatic ring is 1. The molecule has 106 valence electrons. The number of pyridine rings is 1. The second kappa shape index (κ2) is 5.88. The van der Waals surface area contributed by atoms with Crippen molar-refractivity contribution in [3.05, 3.63) is 18.3 Å². The Balaban J connectivity index is 2.19. The zero-order valence-electron chi connectivity index (χ0n) is 11.2. The fourth-order valence-corrected chi connectivity index (χ4v) is 4.17. The van der Waals surface area contributed by atoms with Gasteiger partial charge in [0.05, 0.1) is 0 Å². The topological polar surface area (TPSA) is 85.1 Å². The summed E-state index contributed by atoms with van der Waals surface area (Å²) in [6.45, 7) is 2.11. The molecule has 2 rings (SSSR count). The van der Waals surface area contributed by atoms with Crippen molar-refractivity contribution in [1.29, 1.82) is 0 Å². The van der Waals surface area contributed by atoms with E-state index in [0.717, 1.165) is 25.7 Å². The lowest BCUT2D eigenvalue weighted by Gasteiger charge is -2.31. The molecule has 0 amide bonds. The van der Waals surface area contributed by atoms with Crippen molar-refractivity contribution in [3.63, 3.8) is 0 Å². The highest BCUT2D eigenvalue weighted by atomic mass is 32.2. The van der Waals surface area contributed by atoms with Gasteiger partial charge in [-0.15, -0.1) is 0 Å². The number of hydrogen-bond donors (Lipinski definition) is 2. The molecule has 1 aromatic heterocycles. The molecule has 0 spiro atoms. The average Bonchev–Trinajstić information content (AvgIpc) is 2.39. The molecule has 1 aromatic rings. The highest BCUT2D eigenvalue weighted by molar-refractivity contribution is 7.89. The maximum absolute atomic E-state index is 12.4. The van der Waals surface area contributed by atoms with Crippen molar-refractivity contribution < 1.29 is 8.42 Å². The molecule has 2 unspecified atom stereocenters. The summed E-state index contributed by atoms with van der Waals surface area (Å²) in [6.07, 6.45) is 6.74. The molecule has 5 nitrogen and oxygen atoms in total. The number of anilines is 1. The van der Waals surface area contributed by atoms with Gasteiger partial charge < -0.3 is 5.73 Å². The van der Waals surface area contributed by atoms with Gasteiger partial charge in [-0.3, -0.25) is 0 Å². The van der Waals surface area contributed by atoms with E-state index in [1.165, 1.54) is 18.7 Å². The van der Waals surface area contributed by atoms with Crippen LogP contribution >= 0.6 is 0 Å². The van der Waals surface area contributed by atoms with Crippen LogP contribution in [0.3, 0.4) is 0 Å². The lowest BCUT2D eigenvalue weighted by molar-refractivity contribution is 0.282. The summed E-state index contributed by atoms with van der Waals surface area (Å²) >= 11 is 0. The fraction of sp³-hybridized carbons (Fsp3) is 0.615. The zero-order valence-corrected chi connectivity index (χ0v) is 12.0. The molecular formula is C13H21N3O2S. The van der Waals surface area contributed by atoms with E-state index in [9.17, 15) is 8.42 Å². The maximum atomic E-state index is 12.4. The minimum absolute atomic E-state index is 0.0170. The van der Waals surface area contributed by atoms with Crippen LogP contribution in [0.15, 0.2) is 23.2 Å². The van der Waals surface area contributed by atoms with Gasteiger partial charge in [-0.1, -0.05) is 26.2 Å². The van der Waals surface area contributed by atoms with E-state index in [1.54, 1.807) is 6.07 Å². The summed E-state index contributed by atoms with van der Waals surface area (Å²) in [4.78, 5) is 3.92. The van der Waals surface area contributed by atoms with Crippen molar-refractivity contribution in [2.24, 2.45) is 5.92 Å². The lowest BCUT2D eigenvalue weighted by atomic mass is 9.83. The lowest BCUT2D eigenvalue weighted by Crippen LogP contribution is -2.42. The minimum atomic E-state index is -3.57. The molecule has 0 saturated heterocycles. The predicted molar refractivity (Wildman–Crippen MR) is 75.0 cm³/mol. The molecule has 1 fully saturated rings. The van der Waals surface area contributed by atoms with Crippen molar-refractivity contribution in [2.45, 2.75) is 50.0 Å². The smallest absolute Gasteiger partial charge is 0.244 e. The van der Waals surface area contributed by atoms with Crippen LogP contribution in [0, 0.1) is 5.92 Å². The van der Waals surface area contributed by atoms with Crippen molar-refractivity contribution >= 4 is 15.8 Å².